The molecule has 0 bridgehead atoms. The number of hydrogen-bond acceptors (Lipinski definition) is 7. The van der Waals surface area contributed by atoms with Crippen molar-refractivity contribution < 1.29 is 4.79 Å². The maximum absolute atomic E-state index is 12.0. The van der Waals surface area contributed by atoms with Crippen LogP contribution in [-0.2, 0) is 17.8 Å². The number of carbonyl (C=O) groups is 1. The Morgan fingerprint density at radius 1 is 1.36 bits per heavy atom. The Labute approximate surface area is 140 Å². The minimum atomic E-state index is 0.0136. The highest BCUT2D eigenvalue weighted by Gasteiger charge is 2.15. The molecule has 3 heterocycles. The standard InChI is InChI=1S/C13H12ClN5OS2/c1-7-12(21-8(2)16-7)13-17-11(22-18-13)3-10(20)6-19-5-9(14)4-15-19/h4-5H,3,6H2,1-2H3. The third kappa shape index (κ3) is 3.40. The number of rotatable bonds is 5. The molecule has 9 heteroatoms. The maximum Gasteiger partial charge on any atom is 0.185 e. The van der Waals surface area contributed by atoms with Crippen LogP contribution in [0.25, 0.3) is 10.7 Å². The minimum absolute atomic E-state index is 0.0136. The molecule has 0 radical (unpaired) electrons. The van der Waals surface area contributed by atoms with Gasteiger partial charge in [-0.05, 0) is 25.4 Å². The summed E-state index contributed by atoms with van der Waals surface area (Å²) in [6.07, 6.45) is 3.37. The van der Waals surface area contributed by atoms with Crippen molar-refractivity contribution >= 4 is 40.3 Å². The molecule has 0 aliphatic rings. The molecule has 0 aliphatic carbocycles. The molecule has 0 atom stereocenters. The van der Waals surface area contributed by atoms with Crippen molar-refractivity contribution in [2.75, 3.05) is 0 Å². The van der Waals surface area contributed by atoms with E-state index in [0.717, 1.165) is 15.6 Å². The number of nitrogens with zero attached hydrogens (tertiary/aromatic N) is 5. The van der Waals surface area contributed by atoms with Crippen molar-refractivity contribution in [1.82, 2.24) is 24.1 Å². The first-order chi connectivity index (χ1) is 10.5. The molecular weight excluding hydrogens is 342 g/mol. The molecule has 114 valence electrons. The second-order valence-electron chi connectivity index (χ2n) is 4.73. The Balaban J connectivity index is 1.69. The van der Waals surface area contributed by atoms with E-state index >= 15 is 0 Å². The molecule has 0 saturated carbocycles. The third-order valence-corrected chi connectivity index (χ3v) is 4.84. The predicted molar refractivity (Wildman–Crippen MR) is 86.4 cm³/mol. The molecular formula is C13H12ClN5OS2. The van der Waals surface area contributed by atoms with Crippen LogP contribution in [0.3, 0.4) is 0 Å². The van der Waals surface area contributed by atoms with Gasteiger partial charge in [-0.2, -0.15) is 9.47 Å². The summed E-state index contributed by atoms with van der Waals surface area (Å²) in [5.74, 6) is 0.665. The second kappa shape index (κ2) is 6.23. The number of hydrogen-bond donors (Lipinski definition) is 0. The van der Waals surface area contributed by atoms with Gasteiger partial charge in [-0.1, -0.05) is 11.6 Å². The molecule has 0 aliphatic heterocycles. The number of thiazole rings is 1. The maximum atomic E-state index is 12.0. The van der Waals surface area contributed by atoms with Gasteiger partial charge in [-0.15, -0.1) is 11.3 Å². The first-order valence-corrected chi connectivity index (χ1v) is 8.44. The van der Waals surface area contributed by atoms with Crippen molar-refractivity contribution in [3.05, 3.63) is 33.1 Å². The quantitative estimate of drug-likeness (QED) is 0.705. The van der Waals surface area contributed by atoms with Gasteiger partial charge in [0, 0.05) is 6.20 Å². The van der Waals surface area contributed by atoms with Crippen LogP contribution in [0, 0.1) is 13.8 Å². The van der Waals surface area contributed by atoms with Crippen LogP contribution >= 0.6 is 34.5 Å². The lowest BCUT2D eigenvalue weighted by Gasteiger charge is -1.98. The van der Waals surface area contributed by atoms with E-state index < -0.39 is 0 Å². The Bertz CT molecular complexity index is 822. The summed E-state index contributed by atoms with van der Waals surface area (Å²) >= 11 is 8.58. The highest BCUT2D eigenvalue weighted by atomic mass is 35.5. The van der Waals surface area contributed by atoms with E-state index in [1.807, 2.05) is 13.8 Å². The largest absolute Gasteiger partial charge is 0.297 e. The summed E-state index contributed by atoms with van der Waals surface area (Å²) in [5, 5.41) is 6.18. The van der Waals surface area contributed by atoms with Crippen molar-refractivity contribution in [3.63, 3.8) is 0 Å². The zero-order valence-electron chi connectivity index (χ0n) is 11.9. The summed E-state index contributed by atoms with van der Waals surface area (Å²) < 4.78 is 5.85. The summed E-state index contributed by atoms with van der Waals surface area (Å²) in [5.41, 5.74) is 0.921. The Kier molecular flexibility index (Phi) is 4.32. The first kappa shape index (κ1) is 15.3. The number of halogens is 1. The molecule has 3 rings (SSSR count). The molecule has 0 aromatic carbocycles. The molecule has 0 fully saturated rings. The average molecular weight is 354 g/mol. The summed E-state index contributed by atoms with van der Waals surface area (Å²) in [7, 11) is 0. The fraction of sp³-hybridized carbons (Fsp3) is 0.308. The van der Waals surface area contributed by atoms with Gasteiger partial charge in [0.05, 0.1) is 39.8 Å². The van der Waals surface area contributed by atoms with Crippen LogP contribution in [0.4, 0.5) is 0 Å². The molecule has 0 saturated heterocycles. The highest BCUT2D eigenvalue weighted by Crippen LogP contribution is 2.28. The third-order valence-electron chi connectivity index (χ3n) is 2.86. The Morgan fingerprint density at radius 2 is 2.18 bits per heavy atom. The average Bonchev–Trinajstić information content (AvgIpc) is 3.12. The zero-order valence-corrected chi connectivity index (χ0v) is 14.3. The number of aryl methyl sites for hydroxylation is 2. The molecule has 3 aromatic heterocycles. The van der Waals surface area contributed by atoms with Gasteiger partial charge in [0.1, 0.15) is 5.01 Å². The topological polar surface area (TPSA) is 73.6 Å². The Hall–Kier alpha value is -1.64. The molecule has 22 heavy (non-hydrogen) atoms. The van der Waals surface area contributed by atoms with Gasteiger partial charge >= 0.3 is 0 Å². The lowest BCUT2D eigenvalue weighted by atomic mass is 10.3. The van der Waals surface area contributed by atoms with E-state index in [1.165, 1.54) is 22.4 Å². The van der Waals surface area contributed by atoms with Gasteiger partial charge in [0.2, 0.25) is 0 Å². The number of aromatic nitrogens is 5. The molecule has 3 aromatic rings. The second-order valence-corrected chi connectivity index (χ2v) is 7.21. The summed E-state index contributed by atoms with van der Waals surface area (Å²) in [6, 6.07) is 0. The van der Waals surface area contributed by atoms with Crippen molar-refractivity contribution in [1.29, 1.82) is 0 Å². The first-order valence-electron chi connectivity index (χ1n) is 6.48. The number of Topliss-reactive ketones (excluding diaryl/α,β-unsaturated/α-hetero) is 1. The molecule has 0 spiro atoms. The lowest BCUT2D eigenvalue weighted by molar-refractivity contribution is -0.119. The van der Waals surface area contributed by atoms with Crippen LogP contribution in [-0.4, -0.2) is 29.9 Å². The Morgan fingerprint density at radius 3 is 2.82 bits per heavy atom. The number of carbonyl (C=O) groups excluding carboxylic acids is 1. The van der Waals surface area contributed by atoms with Crippen LogP contribution in [0.15, 0.2) is 12.4 Å². The van der Waals surface area contributed by atoms with Crippen molar-refractivity contribution in [2.45, 2.75) is 26.8 Å². The SMILES string of the molecule is Cc1nc(C)c(-c2nsc(CC(=O)Cn3cc(Cl)cn3)n2)s1. The number of ketones is 1. The molecule has 0 N–H and O–H groups in total. The van der Waals surface area contributed by atoms with E-state index in [4.69, 9.17) is 11.6 Å². The zero-order chi connectivity index (χ0) is 15.7. The minimum Gasteiger partial charge on any atom is -0.297 e. The van der Waals surface area contributed by atoms with Crippen molar-refractivity contribution in [3.8, 4) is 10.7 Å². The highest BCUT2D eigenvalue weighted by molar-refractivity contribution is 7.15. The van der Waals surface area contributed by atoms with Crippen LogP contribution in [0.1, 0.15) is 15.7 Å². The van der Waals surface area contributed by atoms with Gasteiger partial charge in [-0.3, -0.25) is 9.48 Å². The smallest absolute Gasteiger partial charge is 0.185 e. The van der Waals surface area contributed by atoms with Crippen molar-refractivity contribution in [2.24, 2.45) is 0 Å². The predicted octanol–water partition coefficient (Wildman–Crippen LogP) is 2.94. The van der Waals surface area contributed by atoms with Gasteiger partial charge in [0.15, 0.2) is 11.6 Å². The van der Waals surface area contributed by atoms with E-state index in [9.17, 15) is 4.79 Å². The fourth-order valence-electron chi connectivity index (χ4n) is 1.99. The lowest BCUT2D eigenvalue weighted by Crippen LogP contribution is -2.12. The molecule has 0 unspecified atom stereocenters. The molecule has 0 amide bonds. The van der Waals surface area contributed by atoms with E-state index in [0.29, 0.717) is 15.9 Å². The van der Waals surface area contributed by atoms with Crippen LogP contribution in [0.5, 0.6) is 0 Å². The molecule has 6 nitrogen and oxygen atoms in total. The van der Waals surface area contributed by atoms with E-state index in [-0.39, 0.29) is 18.7 Å². The van der Waals surface area contributed by atoms with E-state index in [2.05, 4.69) is 19.4 Å². The van der Waals surface area contributed by atoms with E-state index in [1.54, 1.807) is 17.5 Å². The fourth-order valence-corrected chi connectivity index (χ4v) is 3.73. The van der Waals surface area contributed by atoms with Gasteiger partial charge in [-0.25, -0.2) is 9.97 Å². The van der Waals surface area contributed by atoms with Crippen LogP contribution in [0.2, 0.25) is 5.02 Å². The normalized spacial score (nSPS) is 11.0. The van der Waals surface area contributed by atoms with Crippen LogP contribution < -0.4 is 0 Å². The summed E-state index contributed by atoms with van der Waals surface area (Å²) in [4.78, 5) is 21.8. The van der Waals surface area contributed by atoms with Gasteiger partial charge < -0.3 is 0 Å². The summed E-state index contributed by atoms with van der Waals surface area (Å²) in [6.45, 7) is 4.07. The monoisotopic (exact) mass is 353 g/mol. The van der Waals surface area contributed by atoms with Gasteiger partial charge in [0.25, 0.3) is 0 Å².